The lowest BCUT2D eigenvalue weighted by Crippen LogP contribution is -2.35. The highest BCUT2D eigenvalue weighted by Crippen LogP contribution is 2.40. The first-order valence-electron chi connectivity index (χ1n) is 12.3. The Hall–Kier alpha value is -4.40. The van der Waals surface area contributed by atoms with Crippen LogP contribution in [0, 0.1) is 5.92 Å². The molecule has 0 saturated carbocycles. The van der Waals surface area contributed by atoms with Gasteiger partial charge in [0.05, 0.1) is 27.2 Å². The molecule has 2 aliphatic heterocycles. The maximum absolute atomic E-state index is 13.6. The Morgan fingerprint density at radius 1 is 0.895 bits per heavy atom. The predicted molar refractivity (Wildman–Crippen MR) is 139 cm³/mol. The Labute approximate surface area is 221 Å². The quantitative estimate of drug-likeness (QED) is 0.487. The van der Waals surface area contributed by atoms with Crippen molar-refractivity contribution in [3.63, 3.8) is 0 Å². The number of likely N-dealkylation sites (tertiary alicyclic amines) is 1. The van der Waals surface area contributed by atoms with Gasteiger partial charge in [0.15, 0.2) is 11.5 Å². The third kappa shape index (κ3) is 5.04. The molecule has 9 nitrogen and oxygen atoms in total. The van der Waals surface area contributed by atoms with Gasteiger partial charge < -0.3 is 33.9 Å². The molecular formula is C29H30N2O7. The molecule has 0 unspecified atom stereocenters. The summed E-state index contributed by atoms with van der Waals surface area (Å²) in [5.41, 5.74) is 2.24. The summed E-state index contributed by atoms with van der Waals surface area (Å²) in [4.78, 5) is 28.8. The molecule has 0 spiro atoms. The molecule has 2 atom stereocenters. The maximum atomic E-state index is 13.6. The van der Waals surface area contributed by atoms with Gasteiger partial charge in [-0.25, -0.2) is 0 Å². The van der Waals surface area contributed by atoms with Crippen LogP contribution in [-0.2, 0) is 11.3 Å². The highest BCUT2D eigenvalue weighted by atomic mass is 16.7. The molecule has 3 aromatic rings. The number of methoxy groups -OCH3 is 3. The fourth-order valence-electron chi connectivity index (χ4n) is 4.99. The molecule has 1 saturated heterocycles. The maximum Gasteiger partial charge on any atom is 0.254 e. The van der Waals surface area contributed by atoms with E-state index in [1.807, 2.05) is 30.3 Å². The van der Waals surface area contributed by atoms with E-state index in [1.54, 1.807) is 56.6 Å². The molecule has 2 aliphatic rings. The van der Waals surface area contributed by atoms with Crippen molar-refractivity contribution >= 4 is 11.8 Å². The third-order valence-corrected chi connectivity index (χ3v) is 7.00. The second kappa shape index (κ2) is 10.9. The number of amides is 2. The summed E-state index contributed by atoms with van der Waals surface area (Å²) in [6, 6.07) is 18.2. The first-order valence-corrected chi connectivity index (χ1v) is 12.3. The number of fused-ring (bicyclic) bond motifs is 1. The fraction of sp³-hybridized carbons (Fsp3) is 0.310. The van der Waals surface area contributed by atoms with Crippen molar-refractivity contribution in [1.82, 2.24) is 10.2 Å². The smallest absolute Gasteiger partial charge is 0.254 e. The molecule has 38 heavy (non-hydrogen) atoms. The number of benzene rings is 3. The van der Waals surface area contributed by atoms with Crippen LogP contribution in [0.1, 0.15) is 27.4 Å². The number of carbonyl (C=O) groups excluding carboxylic acids is 2. The average Bonchev–Trinajstić information content (AvgIpc) is 3.62. The molecule has 0 bridgehead atoms. The van der Waals surface area contributed by atoms with Crippen molar-refractivity contribution in [3.05, 3.63) is 77.4 Å². The molecular weight excluding hydrogens is 488 g/mol. The summed E-state index contributed by atoms with van der Waals surface area (Å²) in [5, 5.41) is 3.05. The number of rotatable bonds is 8. The van der Waals surface area contributed by atoms with Gasteiger partial charge in [-0.1, -0.05) is 18.2 Å². The predicted octanol–water partition coefficient (Wildman–Crippen LogP) is 3.61. The van der Waals surface area contributed by atoms with Crippen LogP contribution in [0.15, 0.2) is 60.7 Å². The van der Waals surface area contributed by atoms with Crippen LogP contribution in [0.25, 0.3) is 0 Å². The number of hydrogen-bond donors (Lipinski definition) is 1. The van der Waals surface area contributed by atoms with Crippen molar-refractivity contribution in [1.29, 1.82) is 0 Å². The van der Waals surface area contributed by atoms with E-state index in [2.05, 4.69) is 5.32 Å². The summed E-state index contributed by atoms with van der Waals surface area (Å²) in [5.74, 6) is 2.14. The van der Waals surface area contributed by atoms with Crippen LogP contribution in [0.4, 0.5) is 0 Å². The lowest BCUT2D eigenvalue weighted by molar-refractivity contribution is -0.125. The normalized spacial score (nSPS) is 17.7. The number of hydrogen-bond acceptors (Lipinski definition) is 7. The Kier molecular flexibility index (Phi) is 7.26. The van der Waals surface area contributed by atoms with Gasteiger partial charge in [-0.2, -0.15) is 0 Å². The van der Waals surface area contributed by atoms with Crippen LogP contribution in [-0.4, -0.2) is 57.9 Å². The van der Waals surface area contributed by atoms with Crippen molar-refractivity contribution < 1.29 is 33.3 Å². The molecule has 5 rings (SSSR count). The molecule has 2 amide bonds. The Bertz CT molecular complexity index is 1340. The van der Waals surface area contributed by atoms with Gasteiger partial charge in [-0.3, -0.25) is 9.59 Å². The van der Waals surface area contributed by atoms with Gasteiger partial charge in [0, 0.05) is 42.7 Å². The van der Waals surface area contributed by atoms with Gasteiger partial charge >= 0.3 is 0 Å². The highest BCUT2D eigenvalue weighted by Gasteiger charge is 2.42. The van der Waals surface area contributed by atoms with Crippen molar-refractivity contribution in [2.75, 3.05) is 41.2 Å². The average molecular weight is 519 g/mol. The van der Waals surface area contributed by atoms with E-state index < -0.39 is 5.92 Å². The topological polar surface area (TPSA) is 95.6 Å². The lowest BCUT2D eigenvalue weighted by Gasteiger charge is -2.21. The van der Waals surface area contributed by atoms with Gasteiger partial charge in [-0.15, -0.1) is 0 Å². The second-order valence-electron chi connectivity index (χ2n) is 9.17. The standard InChI is InChI=1S/C29H30N2O7/c1-34-20-6-4-5-19(12-20)29(33)31-15-23(22-9-8-21(35-2)13-26(22)36-3)24(16-31)28(32)30-14-18-7-10-25-27(11-18)38-17-37-25/h4-13,23-24H,14-17H2,1-3H3,(H,30,32)/t23-,24+/m0/s1. The number of carbonyl (C=O) groups is 2. The zero-order chi connectivity index (χ0) is 26.6. The minimum Gasteiger partial charge on any atom is -0.497 e. The summed E-state index contributed by atoms with van der Waals surface area (Å²) in [6.45, 7) is 1.14. The van der Waals surface area contributed by atoms with E-state index in [1.165, 1.54) is 0 Å². The first kappa shape index (κ1) is 25.3. The van der Waals surface area contributed by atoms with Gasteiger partial charge in [0.1, 0.15) is 17.2 Å². The molecule has 0 radical (unpaired) electrons. The van der Waals surface area contributed by atoms with Gasteiger partial charge in [-0.05, 0) is 42.0 Å². The molecule has 0 aromatic heterocycles. The third-order valence-electron chi connectivity index (χ3n) is 7.00. The van der Waals surface area contributed by atoms with Crippen LogP contribution in [0.2, 0.25) is 0 Å². The van der Waals surface area contributed by atoms with Crippen LogP contribution < -0.4 is 29.0 Å². The molecule has 1 N–H and O–H groups in total. The highest BCUT2D eigenvalue weighted by molar-refractivity contribution is 5.95. The van der Waals surface area contributed by atoms with Crippen LogP contribution in [0.3, 0.4) is 0 Å². The SMILES string of the molecule is COc1cccc(C(=O)N2C[C@@H](C(=O)NCc3ccc4c(c3)OCO4)[C@H](c3ccc(OC)cc3OC)C2)c1. The minimum atomic E-state index is -0.485. The first-order chi connectivity index (χ1) is 18.5. The molecule has 2 heterocycles. The van der Waals surface area contributed by atoms with E-state index in [9.17, 15) is 9.59 Å². The fourth-order valence-corrected chi connectivity index (χ4v) is 4.99. The zero-order valence-corrected chi connectivity index (χ0v) is 21.6. The number of nitrogens with zero attached hydrogens (tertiary/aromatic N) is 1. The molecule has 1 fully saturated rings. The van der Waals surface area contributed by atoms with Crippen molar-refractivity contribution in [2.45, 2.75) is 12.5 Å². The lowest BCUT2D eigenvalue weighted by atomic mass is 9.87. The largest absolute Gasteiger partial charge is 0.497 e. The summed E-state index contributed by atoms with van der Waals surface area (Å²) < 4.78 is 27.1. The summed E-state index contributed by atoms with van der Waals surface area (Å²) >= 11 is 0. The molecule has 9 heteroatoms. The van der Waals surface area contributed by atoms with Crippen LogP contribution in [0.5, 0.6) is 28.7 Å². The number of ether oxygens (including phenoxy) is 5. The van der Waals surface area contributed by atoms with E-state index in [0.717, 1.165) is 11.1 Å². The zero-order valence-electron chi connectivity index (χ0n) is 21.6. The summed E-state index contributed by atoms with van der Waals surface area (Å²) in [7, 11) is 4.73. The van der Waals surface area contributed by atoms with Gasteiger partial charge in [0.25, 0.3) is 5.91 Å². The molecule has 3 aromatic carbocycles. The molecule has 0 aliphatic carbocycles. The van der Waals surface area contributed by atoms with Crippen molar-refractivity contribution in [3.8, 4) is 28.7 Å². The number of nitrogens with one attached hydrogen (secondary N) is 1. The van der Waals surface area contributed by atoms with Gasteiger partial charge in [0.2, 0.25) is 12.7 Å². The monoisotopic (exact) mass is 518 g/mol. The van der Waals surface area contributed by atoms with Crippen molar-refractivity contribution in [2.24, 2.45) is 5.92 Å². The van der Waals surface area contributed by atoms with E-state index in [-0.39, 0.29) is 31.1 Å². The Morgan fingerprint density at radius 2 is 1.68 bits per heavy atom. The Morgan fingerprint density at radius 3 is 2.47 bits per heavy atom. The minimum absolute atomic E-state index is 0.147. The summed E-state index contributed by atoms with van der Waals surface area (Å²) in [6.07, 6.45) is 0. The molecule has 198 valence electrons. The van der Waals surface area contributed by atoms with E-state index >= 15 is 0 Å². The van der Waals surface area contributed by atoms with E-state index in [4.69, 9.17) is 23.7 Å². The Balaban J connectivity index is 1.39. The second-order valence-corrected chi connectivity index (χ2v) is 9.17. The van der Waals surface area contributed by atoms with E-state index in [0.29, 0.717) is 47.4 Å². The van der Waals surface area contributed by atoms with Crippen LogP contribution >= 0.6 is 0 Å².